The van der Waals surface area contributed by atoms with E-state index in [4.69, 9.17) is 16.3 Å². The highest BCUT2D eigenvalue weighted by Crippen LogP contribution is 2.27. The molecule has 1 aromatic rings. The summed E-state index contributed by atoms with van der Waals surface area (Å²) in [5, 5.41) is 0.205. The van der Waals surface area contributed by atoms with Gasteiger partial charge in [0.1, 0.15) is 11.4 Å². The van der Waals surface area contributed by atoms with Crippen LogP contribution in [-0.2, 0) is 4.74 Å². The Bertz CT molecular complexity index is 693. The monoisotopic (exact) mass is 434 g/mol. The number of halogens is 3. The van der Waals surface area contributed by atoms with Gasteiger partial charge < -0.3 is 14.5 Å². The zero-order chi connectivity index (χ0) is 18.9. The van der Waals surface area contributed by atoms with E-state index >= 15 is 0 Å². The van der Waals surface area contributed by atoms with E-state index in [1.54, 1.807) is 30.6 Å². The first kappa shape index (κ1) is 20.0. The van der Waals surface area contributed by atoms with Crippen molar-refractivity contribution in [1.82, 2.24) is 9.80 Å². The minimum atomic E-state index is -0.667. The fourth-order valence-electron chi connectivity index (χ4n) is 2.59. The van der Waals surface area contributed by atoms with Crippen molar-refractivity contribution in [2.24, 2.45) is 0 Å². The average molecular weight is 436 g/mol. The molecular weight excluding hydrogens is 415 g/mol. The van der Waals surface area contributed by atoms with Gasteiger partial charge in [0.05, 0.1) is 10.6 Å². The van der Waals surface area contributed by atoms with Crippen molar-refractivity contribution < 1.29 is 18.7 Å². The summed E-state index contributed by atoms with van der Waals surface area (Å²) in [6, 6.07) is 2.23. The molecule has 0 N–H and O–H groups in total. The van der Waals surface area contributed by atoms with Crippen LogP contribution in [0.4, 0.5) is 9.18 Å². The number of nitrogens with zero attached hydrogens (tertiary/aromatic N) is 2. The van der Waals surface area contributed by atoms with Gasteiger partial charge in [0.2, 0.25) is 0 Å². The predicted octanol–water partition coefficient (Wildman–Crippen LogP) is 4.32. The molecular formula is C17H21BrClFN2O3. The maximum absolute atomic E-state index is 14.1. The molecule has 0 aliphatic carbocycles. The van der Waals surface area contributed by atoms with Crippen molar-refractivity contribution in [3.63, 3.8) is 0 Å². The lowest BCUT2D eigenvalue weighted by molar-refractivity contribution is 0.00607. The Kier molecular flexibility index (Phi) is 5.99. The second-order valence-electron chi connectivity index (χ2n) is 7.02. The van der Waals surface area contributed by atoms with Crippen LogP contribution in [0, 0.1) is 5.82 Å². The number of ether oxygens (including phenoxy) is 1. The van der Waals surface area contributed by atoms with Gasteiger partial charge in [0.15, 0.2) is 0 Å². The van der Waals surface area contributed by atoms with Crippen LogP contribution in [0.25, 0.3) is 0 Å². The molecule has 0 radical (unpaired) electrons. The van der Waals surface area contributed by atoms with Crippen molar-refractivity contribution in [3.05, 3.63) is 33.0 Å². The number of hydrogen-bond acceptors (Lipinski definition) is 3. The summed E-state index contributed by atoms with van der Waals surface area (Å²) in [5.41, 5.74) is -0.625. The van der Waals surface area contributed by atoms with Gasteiger partial charge in [-0.2, -0.15) is 0 Å². The van der Waals surface area contributed by atoms with E-state index in [9.17, 15) is 14.0 Å². The number of carbonyl (C=O) groups is 2. The molecule has 1 atom stereocenters. The Labute approximate surface area is 160 Å². The highest BCUT2D eigenvalue weighted by atomic mass is 79.9. The van der Waals surface area contributed by atoms with Crippen LogP contribution < -0.4 is 0 Å². The summed E-state index contributed by atoms with van der Waals surface area (Å²) in [5.74, 6) is -1.09. The predicted molar refractivity (Wildman–Crippen MR) is 97.4 cm³/mol. The minimum absolute atomic E-state index is 0.0474. The Morgan fingerprint density at radius 3 is 2.52 bits per heavy atom. The number of benzene rings is 1. The number of hydrogen-bond donors (Lipinski definition) is 0. The molecule has 1 unspecified atom stereocenters. The summed E-state index contributed by atoms with van der Waals surface area (Å²) in [4.78, 5) is 28.0. The number of carbonyl (C=O) groups excluding carboxylic acids is 2. The van der Waals surface area contributed by atoms with Gasteiger partial charge in [-0.3, -0.25) is 4.79 Å². The Balaban J connectivity index is 2.10. The smallest absolute Gasteiger partial charge is 0.410 e. The summed E-state index contributed by atoms with van der Waals surface area (Å²) in [7, 11) is 0. The van der Waals surface area contributed by atoms with Gasteiger partial charge in [-0.05, 0) is 55.8 Å². The fourth-order valence-corrected chi connectivity index (χ4v) is 3.09. The fraction of sp³-hybridized carbons (Fsp3) is 0.529. The second-order valence-corrected chi connectivity index (χ2v) is 8.28. The molecule has 2 rings (SSSR count). The highest BCUT2D eigenvalue weighted by molar-refractivity contribution is 9.10. The average Bonchev–Trinajstić information content (AvgIpc) is 2.48. The van der Waals surface area contributed by atoms with E-state index in [-0.39, 0.29) is 16.6 Å². The molecule has 1 heterocycles. The molecule has 5 nitrogen and oxygen atoms in total. The molecule has 25 heavy (non-hydrogen) atoms. The van der Waals surface area contributed by atoms with Crippen molar-refractivity contribution in [1.29, 1.82) is 0 Å². The molecule has 0 spiro atoms. The van der Waals surface area contributed by atoms with E-state index in [1.807, 2.05) is 6.92 Å². The third kappa shape index (κ3) is 4.85. The molecule has 1 saturated heterocycles. The van der Waals surface area contributed by atoms with Crippen molar-refractivity contribution in [2.75, 3.05) is 19.6 Å². The molecule has 1 fully saturated rings. The first-order valence-electron chi connectivity index (χ1n) is 7.93. The molecule has 1 aliphatic heterocycles. The van der Waals surface area contributed by atoms with Gasteiger partial charge >= 0.3 is 6.09 Å². The molecule has 0 aromatic heterocycles. The lowest BCUT2D eigenvalue weighted by atomic mass is 10.1. The van der Waals surface area contributed by atoms with E-state index in [0.717, 1.165) is 6.07 Å². The van der Waals surface area contributed by atoms with Gasteiger partial charge in [-0.1, -0.05) is 11.6 Å². The highest BCUT2D eigenvalue weighted by Gasteiger charge is 2.33. The maximum Gasteiger partial charge on any atom is 0.410 e. The normalized spacial score (nSPS) is 18.3. The summed E-state index contributed by atoms with van der Waals surface area (Å²) in [6.07, 6.45) is -0.410. The molecule has 8 heteroatoms. The molecule has 2 amide bonds. The molecule has 1 aromatic carbocycles. The molecule has 0 saturated carbocycles. The van der Waals surface area contributed by atoms with Crippen LogP contribution in [-0.4, -0.2) is 53.1 Å². The first-order valence-corrected chi connectivity index (χ1v) is 9.10. The van der Waals surface area contributed by atoms with Crippen molar-refractivity contribution in [2.45, 2.75) is 39.3 Å². The zero-order valence-electron chi connectivity index (χ0n) is 14.6. The standard InChI is InChI=1S/C17H21BrClFN2O3/c1-10-9-21(16(24)25-17(2,3)4)5-6-22(10)15(23)11-7-12(18)13(19)8-14(11)20/h7-8,10H,5-6,9H2,1-4H3. The topological polar surface area (TPSA) is 49.9 Å². The second kappa shape index (κ2) is 7.50. The number of piperazine rings is 1. The third-order valence-corrected chi connectivity index (χ3v) is 4.98. The van der Waals surface area contributed by atoms with E-state index in [1.165, 1.54) is 6.07 Å². The molecule has 0 bridgehead atoms. The number of rotatable bonds is 1. The van der Waals surface area contributed by atoms with E-state index in [0.29, 0.717) is 24.1 Å². The third-order valence-electron chi connectivity index (χ3n) is 3.78. The SMILES string of the molecule is CC1CN(C(=O)OC(C)(C)C)CCN1C(=O)c1cc(Br)c(Cl)cc1F. The zero-order valence-corrected chi connectivity index (χ0v) is 16.9. The Morgan fingerprint density at radius 2 is 1.96 bits per heavy atom. The van der Waals surface area contributed by atoms with Crippen LogP contribution in [0.5, 0.6) is 0 Å². The minimum Gasteiger partial charge on any atom is -0.444 e. The van der Waals surface area contributed by atoms with Crippen LogP contribution in [0.2, 0.25) is 5.02 Å². The van der Waals surface area contributed by atoms with Gasteiger partial charge in [0.25, 0.3) is 5.91 Å². The summed E-state index contributed by atoms with van der Waals surface area (Å²) < 4.78 is 19.9. The largest absolute Gasteiger partial charge is 0.444 e. The van der Waals surface area contributed by atoms with Crippen LogP contribution in [0.3, 0.4) is 0 Å². The lowest BCUT2D eigenvalue weighted by Gasteiger charge is -2.40. The van der Waals surface area contributed by atoms with Crippen LogP contribution in [0.15, 0.2) is 16.6 Å². The Hall–Kier alpha value is -1.34. The van der Waals surface area contributed by atoms with Crippen LogP contribution >= 0.6 is 27.5 Å². The van der Waals surface area contributed by atoms with E-state index < -0.39 is 23.4 Å². The summed E-state index contributed by atoms with van der Waals surface area (Å²) >= 11 is 9.05. The molecule has 1 aliphatic rings. The molecule has 138 valence electrons. The van der Waals surface area contributed by atoms with Crippen LogP contribution in [0.1, 0.15) is 38.1 Å². The number of amides is 2. The van der Waals surface area contributed by atoms with Gasteiger partial charge in [-0.15, -0.1) is 0 Å². The van der Waals surface area contributed by atoms with Gasteiger partial charge in [-0.25, -0.2) is 9.18 Å². The van der Waals surface area contributed by atoms with E-state index in [2.05, 4.69) is 15.9 Å². The maximum atomic E-state index is 14.1. The Morgan fingerprint density at radius 1 is 1.32 bits per heavy atom. The van der Waals surface area contributed by atoms with Gasteiger partial charge in [0, 0.05) is 30.1 Å². The quantitative estimate of drug-likeness (QED) is 0.617. The van der Waals surface area contributed by atoms with Crippen molar-refractivity contribution >= 4 is 39.5 Å². The lowest BCUT2D eigenvalue weighted by Crippen LogP contribution is -2.56. The first-order chi connectivity index (χ1) is 11.5. The van der Waals surface area contributed by atoms with Crippen molar-refractivity contribution in [3.8, 4) is 0 Å². The summed E-state index contributed by atoms with van der Waals surface area (Å²) in [6.45, 7) is 8.19.